The van der Waals surface area contributed by atoms with Crippen molar-refractivity contribution in [3.63, 3.8) is 0 Å². The molecule has 2 fully saturated rings. The van der Waals surface area contributed by atoms with E-state index in [1.807, 2.05) is 4.90 Å². The van der Waals surface area contributed by atoms with Crippen LogP contribution in [0.2, 0.25) is 0 Å². The van der Waals surface area contributed by atoms with Gasteiger partial charge in [-0.1, -0.05) is 12.1 Å². The molecule has 24 heavy (non-hydrogen) atoms. The summed E-state index contributed by atoms with van der Waals surface area (Å²) in [6.07, 6.45) is 2.19. The molecule has 1 N–H and O–H groups in total. The van der Waals surface area contributed by atoms with Crippen LogP contribution in [0.1, 0.15) is 12.8 Å². The van der Waals surface area contributed by atoms with Crippen molar-refractivity contribution >= 4 is 17.6 Å². The van der Waals surface area contributed by atoms with E-state index >= 15 is 0 Å². The predicted octanol–water partition coefficient (Wildman–Crippen LogP) is 1.60. The Morgan fingerprint density at radius 3 is 2.29 bits per heavy atom. The quantitative estimate of drug-likeness (QED) is 0.913. The molecule has 3 rings (SSSR count). The molecule has 0 spiro atoms. The van der Waals surface area contributed by atoms with E-state index in [9.17, 15) is 14.0 Å². The first-order chi connectivity index (χ1) is 11.6. The molecule has 2 aliphatic rings. The molecule has 0 saturated carbocycles. The Kier molecular flexibility index (Phi) is 5.30. The molecular weight excluding hydrogens is 311 g/mol. The molecule has 0 bridgehead atoms. The fraction of sp³-hybridized carbons (Fsp3) is 0.529. The van der Waals surface area contributed by atoms with Crippen LogP contribution in [-0.4, -0.2) is 72.5 Å². The maximum absolute atomic E-state index is 13.6. The van der Waals surface area contributed by atoms with Gasteiger partial charge in [-0.2, -0.15) is 0 Å². The van der Waals surface area contributed by atoms with E-state index in [1.54, 1.807) is 17.0 Å². The van der Waals surface area contributed by atoms with E-state index in [-0.39, 0.29) is 17.6 Å². The molecule has 1 aromatic rings. The molecule has 1 aromatic carbocycles. The van der Waals surface area contributed by atoms with Crippen LogP contribution in [0.4, 0.5) is 14.9 Å². The highest BCUT2D eigenvalue weighted by atomic mass is 19.1. The number of likely N-dealkylation sites (tertiary alicyclic amines) is 1. The van der Waals surface area contributed by atoms with Crippen molar-refractivity contribution in [1.82, 2.24) is 14.7 Å². The zero-order valence-electron chi connectivity index (χ0n) is 13.7. The third kappa shape index (κ3) is 4.03. The van der Waals surface area contributed by atoms with Crippen LogP contribution in [-0.2, 0) is 4.79 Å². The first-order valence-corrected chi connectivity index (χ1v) is 8.44. The van der Waals surface area contributed by atoms with Gasteiger partial charge in [0.15, 0.2) is 0 Å². The van der Waals surface area contributed by atoms with E-state index in [0.29, 0.717) is 32.7 Å². The SMILES string of the molecule is O=C(CN1CCN(C(=O)Nc2ccccc2F)CC1)N1CCCC1. The summed E-state index contributed by atoms with van der Waals surface area (Å²) in [5.41, 5.74) is 0.189. The number of hydrogen-bond donors (Lipinski definition) is 1. The van der Waals surface area contributed by atoms with Crippen molar-refractivity contribution in [3.05, 3.63) is 30.1 Å². The number of nitrogens with one attached hydrogen (secondary N) is 1. The van der Waals surface area contributed by atoms with Crippen molar-refractivity contribution in [3.8, 4) is 0 Å². The van der Waals surface area contributed by atoms with Gasteiger partial charge in [0.2, 0.25) is 5.91 Å². The second-order valence-electron chi connectivity index (χ2n) is 6.26. The van der Waals surface area contributed by atoms with E-state index < -0.39 is 5.82 Å². The maximum atomic E-state index is 13.6. The lowest BCUT2D eigenvalue weighted by molar-refractivity contribution is -0.131. The first kappa shape index (κ1) is 16.7. The lowest BCUT2D eigenvalue weighted by atomic mass is 10.3. The molecule has 0 radical (unpaired) electrons. The monoisotopic (exact) mass is 334 g/mol. The molecule has 7 heteroatoms. The maximum Gasteiger partial charge on any atom is 0.322 e. The number of anilines is 1. The zero-order chi connectivity index (χ0) is 16.9. The van der Waals surface area contributed by atoms with Gasteiger partial charge < -0.3 is 15.1 Å². The highest BCUT2D eigenvalue weighted by molar-refractivity contribution is 5.89. The second-order valence-corrected chi connectivity index (χ2v) is 6.26. The van der Waals surface area contributed by atoms with Crippen LogP contribution in [0, 0.1) is 5.82 Å². The molecule has 0 aromatic heterocycles. The van der Waals surface area contributed by atoms with Gasteiger partial charge in [-0.25, -0.2) is 9.18 Å². The lowest BCUT2D eigenvalue weighted by Gasteiger charge is -2.35. The number of urea groups is 1. The standard InChI is InChI=1S/C17H23FN4O2/c18-14-5-1-2-6-15(14)19-17(24)22-11-9-20(10-12-22)13-16(23)21-7-3-4-8-21/h1-2,5-6H,3-4,7-13H2,(H,19,24). The molecule has 130 valence electrons. The smallest absolute Gasteiger partial charge is 0.322 e. The number of para-hydroxylation sites is 1. The number of nitrogens with zero attached hydrogens (tertiary/aromatic N) is 3. The summed E-state index contributed by atoms with van der Waals surface area (Å²) in [6, 6.07) is 5.82. The van der Waals surface area contributed by atoms with E-state index in [0.717, 1.165) is 25.9 Å². The molecule has 2 saturated heterocycles. The van der Waals surface area contributed by atoms with Crippen molar-refractivity contribution in [2.24, 2.45) is 0 Å². The Hall–Kier alpha value is -2.15. The average Bonchev–Trinajstić information content (AvgIpc) is 3.12. The summed E-state index contributed by atoms with van der Waals surface area (Å²) in [5.74, 6) is -0.266. The molecule has 2 aliphatic heterocycles. The fourth-order valence-corrected chi connectivity index (χ4v) is 3.12. The number of carbonyl (C=O) groups excluding carboxylic acids is 2. The summed E-state index contributed by atoms with van der Waals surface area (Å²) in [6.45, 7) is 4.53. The Bertz CT molecular complexity index is 596. The summed E-state index contributed by atoms with van der Waals surface area (Å²) >= 11 is 0. The van der Waals surface area contributed by atoms with Crippen molar-refractivity contribution in [2.45, 2.75) is 12.8 Å². The van der Waals surface area contributed by atoms with Gasteiger partial charge in [0.1, 0.15) is 5.82 Å². The number of rotatable bonds is 3. The second kappa shape index (κ2) is 7.61. The first-order valence-electron chi connectivity index (χ1n) is 8.44. The number of hydrogen-bond acceptors (Lipinski definition) is 3. The van der Waals surface area contributed by atoms with Crippen molar-refractivity contribution < 1.29 is 14.0 Å². The van der Waals surface area contributed by atoms with Crippen LogP contribution in [0.5, 0.6) is 0 Å². The topological polar surface area (TPSA) is 55.9 Å². The summed E-state index contributed by atoms with van der Waals surface area (Å²) in [7, 11) is 0. The number of piperazine rings is 1. The number of benzene rings is 1. The fourth-order valence-electron chi connectivity index (χ4n) is 3.12. The van der Waals surface area contributed by atoms with Gasteiger partial charge >= 0.3 is 6.03 Å². The predicted molar refractivity (Wildman–Crippen MR) is 89.2 cm³/mol. The molecular formula is C17H23FN4O2. The zero-order valence-corrected chi connectivity index (χ0v) is 13.7. The lowest BCUT2D eigenvalue weighted by Crippen LogP contribution is -2.52. The van der Waals surface area contributed by atoms with Gasteiger partial charge in [-0.15, -0.1) is 0 Å². The van der Waals surface area contributed by atoms with Gasteiger partial charge in [0.25, 0.3) is 0 Å². The Balaban J connectivity index is 1.45. The van der Waals surface area contributed by atoms with Crippen molar-refractivity contribution in [1.29, 1.82) is 0 Å². The molecule has 0 atom stereocenters. The number of carbonyl (C=O) groups is 2. The van der Waals surface area contributed by atoms with E-state index in [1.165, 1.54) is 12.1 Å². The molecule has 0 aliphatic carbocycles. The summed E-state index contributed by atoms with van der Waals surface area (Å²) < 4.78 is 13.6. The Labute approximate surface area is 141 Å². The summed E-state index contributed by atoms with van der Waals surface area (Å²) in [5, 5.41) is 2.60. The van der Waals surface area contributed by atoms with Crippen LogP contribution >= 0.6 is 0 Å². The molecule has 2 heterocycles. The average molecular weight is 334 g/mol. The number of amides is 3. The Morgan fingerprint density at radius 1 is 0.958 bits per heavy atom. The highest BCUT2D eigenvalue weighted by Crippen LogP contribution is 2.14. The largest absolute Gasteiger partial charge is 0.342 e. The minimum Gasteiger partial charge on any atom is -0.342 e. The van der Waals surface area contributed by atoms with Gasteiger partial charge in [-0.05, 0) is 25.0 Å². The molecule has 6 nitrogen and oxygen atoms in total. The minimum atomic E-state index is -0.444. The van der Waals surface area contributed by atoms with Crippen LogP contribution < -0.4 is 5.32 Å². The molecule has 0 unspecified atom stereocenters. The minimum absolute atomic E-state index is 0.178. The van der Waals surface area contributed by atoms with E-state index in [2.05, 4.69) is 10.2 Å². The van der Waals surface area contributed by atoms with E-state index in [4.69, 9.17) is 0 Å². The van der Waals surface area contributed by atoms with Gasteiger partial charge in [0, 0.05) is 39.3 Å². The summed E-state index contributed by atoms with van der Waals surface area (Å²) in [4.78, 5) is 30.0. The molecule has 3 amide bonds. The third-order valence-corrected chi connectivity index (χ3v) is 4.59. The van der Waals surface area contributed by atoms with Gasteiger partial charge in [-0.3, -0.25) is 9.69 Å². The van der Waals surface area contributed by atoms with Crippen molar-refractivity contribution in [2.75, 3.05) is 51.1 Å². The Morgan fingerprint density at radius 2 is 1.62 bits per heavy atom. The number of halogens is 1. The van der Waals surface area contributed by atoms with Crippen LogP contribution in [0.15, 0.2) is 24.3 Å². The van der Waals surface area contributed by atoms with Gasteiger partial charge in [0.05, 0.1) is 12.2 Å². The van der Waals surface area contributed by atoms with Crippen LogP contribution in [0.3, 0.4) is 0 Å². The third-order valence-electron chi connectivity index (χ3n) is 4.59. The normalized spacial score (nSPS) is 18.7. The van der Waals surface area contributed by atoms with Crippen LogP contribution in [0.25, 0.3) is 0 Å². The highest BCUT2D eigenvalue weighted by Gasteiger charge is 2.25.